The van der Waals surface area contributed by atoms with E-state index in [9.17, 15) is 4.79 Å². The maximum atomic E-state index is 11.9. The van der Waals surface area contributed by atoms with Crippen LogP contribution in [0.15, 0.2) is 30.7 Å². The highest BCUT2D eigenvalue weighted by Crippen LogP contribution is 2.38. The van der Waals surface area contributed by atoms with E-state index >= 15 is 0 Å². The number of nitrogens with one attached hydrogen (secondary N) is 2. The summed E-state index contributed by atoms with van der Waals surface area (Å²) in [6.07, 6.45) is 5.88. The average molecular weight is 389 g/mol. The van der Waals surface area contributed by atoms with Crippen LogP contribution >= 0.6 is 34.8 Å². The zero-order valence-electron chi connectivity index (χ0n) is 12.7. The van der Waals surface area contributed by atoms with Gasteiger partial charge in [-0.3, -0.25) is 5.32 Å². The molecule has 1 unspecified atom stereocenters. The number of fused-ring (bicyclic) bond motifs is 1. The third-order valence-corrected chi connectivity index (χ3v) is 4.31. The highest BCUT2D eigenvalue weighted by Gasteiger charge is 2.26. The van der Waals surface area contributed by atoms with E-state index in [2.05, 4.69) is 21.4 Å². The van der Waals surface area contributed by atoms with Crippen LogP contribution in [0.1, 0.15) is 35.6 Å². The van der Waals surface area contributed by atoms with E-state index in [0.29, 0.717) is 0 Å². The summed E-state index contributed by atoms with van der Waals surface area (Å²) >= 11 is 16.8. The van der Waals surface area contributed by atoms with Crippen LogP contribution in [0.2, 0.25) is 0 Å². The number of alkyl halides is 3. The molecule has 8 heteroatoms. The molecule has 0 saturated heterocycles. The second-order valence-corrected chi connectivity index (χ2v) is 8.14. The number of anilines is 1. The lowest BCUT2D eigenvalue weighted by atomic mass is 9.80. The van der Waals surface area contributed by atoms with Gasteiger partial charge in [0.1, 0.15) is 6.61 Å². The molecule has 1 amide bonds. The molecule has 1 aliphatic rings. The second-order valence-electron chi connectivity index (χ2n) is 5.63. The molecule has 0 spiro atoms. The van der Waals surface area contributed by atoms with E-state index in [1.54, 1.807) is 6.33 Å². The van der Waals surface area contributed by atoms with E-state index in [1.807, 2.05) is 18.3 Å². The Morgan fingerprint density at radius 3 is 2.96 bits per heavy atom. The van der Waals surface area contributed by atoms with Crippen molar-refractivity contribution in [3.63, 3.8) is 0 Å². The first-order valence-electron chi connectivity index (χ1n) is 7.55. The minimum Gasteiger partial charge on any atom is -0.445 e. The summed E-state index contributed by atoms with van der Waals surface area (Å²) < 4.78 is 3.31. The van der Waals surface area contributed by atoms with Gasteiger partial charge in [0.2, 0.25) is 3.79 Å². The van der Waals surface area contributed by atoms with Gasteiger partial charge in [0.25, 0.3) is 0 Å². The zero-order chi connectivity index (χ0) is 17.2. The fraction of sp³-hybridized carbons (Fsp3) is 0.375. The molecular formula is C16H16Cl3N3O2. The number of aromatic amines is 1. The first-order valence-corrected chi connectivity index (χ1v) is 8.68. The Kier molecular flexibility index (Phi) is 5.23. The predicted molar refractivity (Wildman–Crippen MR) is 95.1 cm³/mol. The summed E-state index contributed by atoms with van der Waals surface area (Å²) in [5, 5.41) is 2.74. The SMILES string of the molecule is O=C(Nc1cccc2c1CCCC2c1c[nH]cn1)OCC(Cl)(Cl)Cl. The Hall–Kier alpha value is -1.43. The number of carbonyl (C=O) groups is 1. The Bertz CT molecular complexity index is 714. The van der Waals surface area contributed by atoms with Crippen LogP contribution in [0.3, 0.4) is 0 Å². The molecule has 1 atom stereocenters. The van der Waals surface area contributed by atoms with Crippen molar-refractivity contribution in [2.45, 2.75) is 29.0 Å². The number of H-pyrrole nitrogens is 1. The van der Waals surface area contributed by atoms with Gasteiger partial charge in [-0.25, -0.2) is 9.78 Å². The standard InChI is InChI=1S/C16H16Cl3N3O2/c17-16(18,19)8-24-15(23)22-13-6-2-3-10-11(13)4-1-5-12(10)14-7-20-9-21-14/h2-3,6-7,9,12H,1,4-5,8H2,(H,20,21)(H,22,23). The summed E-state index contributed by atoms with van der Waals surface area (Å²) in [4.78, 5) is 19.3. The molecule has 2 N–H and O–H groups in total. The molecule has 0 saturated carbocycles. The topological polar surface area (TPSA) is 67.0 Å². The quantitative estimate of drug-likeness (QED) is 0.742. The van der Waals surface area contributed by atoms with Crippen LogP contribution in [0.25, 0.3) is 0 Å². The van der Waals surface area contributed by atoms with Gasteiger partial charge >= 0.3 is 6.09 Å². The maximum Gasteiger partial charge on any atom is 0.411 e. The van der Waals surface area contributed by atoms with Crippen molar-refractivity contribution in [2.75, 3.05) is 11.9 Å². The Labute approximate surface area is 154 Å². The first kappa shape index (κ1) is 17.4. The molecule has 1 aliphatic carbocycles. The molecule has 5 nitrogen and oxygen atoms in total. The van der Waals surface area contributed by atoms with Crippen molar-refractivity contribution >= 4 is 46.6 Å². The highest BCUT2D eigenvalue weighted by molar-refractivity contribution is 6.67. The summed E-state index contributed by atoms with van der Waals surface area (Å²) in [5.41, 5.74) is 4.00. The molecule has 1 aromatic heterocycles. The molecule has 1 heterocycles. The number of amides is 1. The van der Waals surface area contributed by atoms with E-state index in [-0.39, 0.29) is 12.5 Å². The molecule has 3 rings (SSSR count). The number of hydrogen-bond acceptors (Lipinski definition) is 3. The van der Waals surface area contributed by atoms with Crippen LogP contribution < -0.4 is 5.32 Å². The van der Waals surface area contributed by atoms with Crippen LogP contribution in [0.4, 0.5) is 10.5 Å². The first-order chi connectivity index (χ1) is 11.4. The number of hydrogen-bond donors (Lipinski definition) is 2. The number of aromatic nitrogens is 2. The van der Waals surface area contributed by atoms with Crippen molar-refractivity contribution in [1.29, 1.82) is 0 Å². The Morgan fingerprint density at radius 1 is 1.42 bits per heavy atom. The monoisotopic (exact) mass is 387 g/mol. The fourth-order valence-electron chi connectivity index (χ4n) is 3.03. The molecule has 2 aromatic rings. The number of imidazole rings is 1. The average Bonchev–Trinajstić information content (AvgIpc) is 3.06. The Morgan fingerprint density at radius 2 is 2.25 bits per heavy atom. The molecule has 128 valence electrons. The number of ether oxygens (including phenoxy) is 1. The van der Waals surface area contributed by atoms with Crippen molar-refractivity contribution in [1.82, 2.24) is 9.97 Å². The number of halogens is 3. The minimum atomic E-state index is -1.63. The number of nitrogens with zero attached hydrogens (tertiary/aromatic N) is 1. The molecule has 0 aliphatic heterocycles. The molecular weight excluding hydrogens is 373 g/mol. The lowest BCUT2D eigenvalue weighted by Gasteiger charge is -2.26. The van der Waals surface area contributed by atoms with E-state index in [0.717, 1.165) is 36.2 Å². The van der Waals surface area contributed by atoms with E-state index in [1.165, 1.54) is 5.56 Å². The van der Waals surface area contributed by atoms with Gasteiger partial charge in [-0.15, -0.1) is 0 Å². The van der Waals surface area contributed by atoms with Gasteiger partial charge in [-0.1, -0.05) is 46.9 Å². The van der Waals surface area contributed by atoms with Crippen LogP contribution in [-0.4, -0.2) is 26.5 Å². The van der Waals surface area contributed by atoms with Gasteiger partial charge < -0.3 is 9.72 Å². The lowest BCUT2D eigenvalue weighted by Crippen LogP contribution is -2.22. The summed E-state index contributed by atoms with van der Waals surface area (Å²) in [7, 11) is 0. The molecule has 0 fully saturated rings. The molecule has 24 heavy (non-hydrogen) atoms. The van der Waals surface area contributed by atoms with Gasteiger partial charge in [-0.2, -0.15) is 0 Å². The van der Waals surface area contributed by atoms with E-state index < -0.39 is 9.89 Å². The minimum absolute atomic E-state index is 0.221. The van der Waals surface area contributed by atoms with Crippen molar-refractivity contribution in [3.05, 3.63) is 47.5 Å². The molecule has 1 aromatic carbocycles. The van der Waals surface area contributed by atoms with Gasteiger partial charge in [0, 0.05) is 17.8 Å². The number of benzene rings is 1. The van der Waals surface area contributed by atoms with Crippen LogP contribution in [0.5, 0.6) is 0 Å². The largest absolute Gasteiger partial charge is 0.445 e. The van der Waals surface area contributed by atoms with Crippen LogP contribution in [-0.2, 0) is 11.2 Å². The summed E-state index contributed by atoms with van der Waals surface area (Å²) in [6.45, 7) is -0.311. The fourth-order valence-corrected chi connectivity index (χ4v) is 3.19. The number of rotatable bonds is 3. The van der Waals surface area contributed by atoms with Crippen molar-refractivity contribution < 1.29 is 9.53 Å². The second kappa shape index (κ2) is 7.21. The highest BCUT2D eigenvalue weighted by atomic mass is 35.6. The van der Waals surface area contributed by atoms with Crippen molar-refractivity contribution in [3.8, 4) is 0 Å². The van der Waals surface area contributed by atoms with E-state index in [4.69, 9.17) is 39.5 Å². The number of carbonyl (C=O) groups excluding carboxylic acids is 1. The van der Waals surface area contributed by atoms with Gasteiger partial charge in [-0.05, 0) is 36.5 Å². The Balaban J connectivity index is 1.79. The maximum absolute atomic E-state index is 11.9. The summed E-state index contributed by atoms with van der Waals surface area (Å²) in [6, 6.07) is 5.84. The van der Waals surface area contributed by atoms with Gasteiger partial charge in [0.05, 0.1) is 12.0 Å². The van der Waals surface area contributed by atoms with Gasteiger partial charge in [0.15, 0.2) is 0 Å². The molecule has 0 bridgehead atoms. The molecule has 0 radical (unpaired) electrons. The third kappa shape index (κ3) is 4.15. The third-order valence-electron chi connectivity index (χ3n) is 3.99. The van der Waals surface area contributed by atoms with Crippen molar-refractivity contribution in [2.24, 2.45) is 0 Å². The predicted octanol–water partition coefficient (Wildman–Crippen LogP) is 4.80. The lowest BCUT2D eigenvalue weighted by molar-refractivity contribution is 0.164. The summed E-state index contributed by atoms with van der Waals surface area (Å²) in [5.74, 6) is 0.221. The smallest absolute Gasteiger partial charge is 0.411 e. The van der Waals surface area contributed by atoms with Crippen LogP contribution in [0, 0.1) is 0 Å². The normalized spacial score (nSPS) is 17.2. The zero-order valence-corrected chi connectivity index (χ0v) is 15.0.